The number of benzene rings is 1. The zero-order valence-corrected chi connectivity index (χ0v) is 12.0. The van der Waals surface area contributed by atoms with E-state index in [1.807, 2.05) is 24.3 Å². The highest BCUT2D eigenvalue weighted by atomic mass is 32.2. The summed E-state index contributed by atoms with van der Waals surface area (Å²) in [7, 11) is 0. The van der Waals surface area contributed by atoms with Gasteiger partial charge in [-0.15, -0.1) is 11.8 Å². The summed E-state index contributed by atoms with van der Waals surface area (Å²) in [5, 5.41) is 11.8. The van der Waals surface area contributed by atoms with Gasteiger partial charge in [0, 0.05) is 11.3 Å². The molecule has 0 aliphatic heterocycles. The molecule has 1 aromatic carbocycles. The van der Waals surface area contributed by atoms with Crippen LogP contribution < -0.4 is 5.32 Å². The van der Waals surface area contributed by atoms with E-state index in [4.69, 9.17) is 5.11 Å². The average Bonchev–Trinajstić information content (AvgIpc) is 2.33. The van der Waals surface area contributed by atoms with Gasteiger partial charge in [-0.1, -0.05) is 45.0 Å². The van der Waals surface area contributed by atoms with Crippen LogP contribution in [0.3, 0.4) is 0 Å². The molecule has 4 heteroatoms. The first-order chi connectivity index (χ1) is 8.40. The summed E-state index contributed by atoms with van der Waals surface area (Å²) < 4.78 is 0.111. The highest BCUT2D eigenvalue weighted by Gasteiger charge is 2.12. The van der Waals surface area contributed by atoms with Gasteiger partial charge >= 0.3 is 0 Å². The van der Waals surface area contributed by atoms with Crippen LogP contribution in [-0.2, 0) is 17.9 Å². The largest absolute Gasteiger partial charge is 0.392 e. The number of carbonyl (C=O) groups is 1. The Labute approximate surface area is 113 Å². The first-order valence-electron chi connectivity index (χ1n) is 6.00. The number of rotatable bonds is 5. The van der Waals surface area contributed by atoms with Crippen molar-refractivity contribution in [2.75, 3.05) is 5.75 Å². The minimum Gasteiger partial charge on any atom is -0.392 e. The van der Waals surface area contributed by atoms with Crippen LogP contribution in [0.1, 0.15) is 31.9 Å². The van der Waals surface area contributed by atoms with E-state index in [2.05, 4.69) is 26.1 Å². The van der Waals surface area contributed by atoms with E-state index in [1.54, 1.807) is 11.8 Å². The molecule has 0 heterocycles. The Kier molecular flexibility index (Phi) is 5.69. The molecular formula is C14H21NO2S. The van der Waals surface area contributed by atoms with Gasteiger partial charge < -0.3 is 10.4 Å². The van der Waals surface area contributed by atoms with Crippen molar-refractivity contribution < 1.29 is 9.90 Å². The predicted octanol–water partition coefficient (Wildman–Crippen LogP) is 2.33. The molecule has 1 aromatic rings. The SMILES string of the molecule is CC(C)(C)SCC(=O)NCc1ccc(CO)cc1. The molecule has 100 valence electrons. The van der Waals surface area contributed by atoms with Crippen LogP contribution in [0.4, 0.5) is 0 Å². The number of thioether (sulfide) groups is 1. The molecule has 0 atom stereocenters. The summed E-state index contributed by atoms with van der Waals surface area (Å²) in [4.78, 5) is 11.6. The minimum absolute atomic E-state index is 0.0505. The van der Waals surface area contributed by atoms with Gasteiger partial charge in [-0.25, -0.2) is 0 Å². The number of nitrogens with one attached hydrogen (secondary N) is 1. The van der Waals surface area contributed by atoms with E-state index in [0.717, 1.165) is 11.1 Å². The van der Waals surface area contributed by atoms with Gasteiger partial charge in [0.15, 0.2) is 0 Å². The summed E-state index contributed by atoms with van der Waals surface area (Å²) >= 11 is 1.64. The molecule has 0 radical (unpaired) electrons. The predicted molar refractivity (Wildman–Crippen MR) is 76.4 cm³/mol. The summed E-state index contributed by atoms with van der Waals surface area (Å²) in [6.07, 6.45) is 0. The number of hydrogen-bond donors (Lipinski definition) is 2. The number of aliphatic hydroxyl groups excluding tert-OH is 1. The third-order valence-corrected chi connectivity index (χ3v) is 3.60. The monoisotopic (exact) mass is 267 g/mol. The second-order valence-corrected chi connectivity index (χ2v) is 6.95. The molecule has 0 spiro atoms. The Bertz CT molecular complexity index is 382. The van der Waals surface area contributed by atoms with Crippen LogP contribution in [0.2, 0.25) is 0 Å². The van der Waals surface area contributed by atoms with Crippen LogP contribution in [0, 0.1) is 0 Å². The lowest BCUT2D eigenvalue weighted by atomic mass is 10.1. The van der Waals surface area contributed by atoms with Crippen LogP contribution in [0.25, 0.3) is 0 Å². The smallest absolute Gasteiger partial charge is 0.230 e. The van der Waals surface area contributed by atoms with E-state index >= 15 is 0 Å². The van der Waals surface area contributed by atoms with Crippen molar-refractivity contribution in [3.8, 4) is 0 Å². The first kappa shape index (κ1) is 15.1. The Morgan fingerprint density at radius 2 is 1.78 bits per heavy atom. The third kappa shape index (κ3) is 6.07. The van der Waals surface area contributed by atoms with Crippen molar-refractivity contribution in [3.63, 3.8) is 0 Å². The number of hydrogen-bond acceptors (Lipinski definition) is 3. The molecule has 0 saturated heterocycles. The molecule has 0 aromatic heterocycles. The zero-order valence-electron chi connectivity index (χ0n) is 11.2. The summed E-state index contributed by atoms with van der Waals surface area (Å²) in [6.45, 7) is 6.87. The molecule has 3 nitrogen and oxygen atoms in total. The van der Waals surface area contributed by atoms with Crippen molar-refractivity contribution in [1.82, 2.24) is 5.32 Å². The van der Waals surface area contributed by atoms with E-state index < -0.39 is 0 Å². The van der Waals surface area contributed by atoms with Crippen molar-refractivity contribution in [3.05, 3.63) is 35.4 Å². The molecule has 0 aliphatic rings. The lowest BCUT2D eigenvalue weighted by molar-refractivity contribution is -0.118. The molecule has 0 fully saturated rings. The third-order valence-electron chi connectivity index (χ3n) is 2.33. The van der Waals surface area contributed by atoms with Gasteiger partial charge in [-0.05, 0) is 11.1 Å². The van der Waals surface area contributed by atoms with Gasteiger partial charge in [0.05, 0.1) is 12.4 Å². The Morgan fingerprint density at radius 1 is 1.22 bits per heavy atom. The first-order valence-corrected chi connectivity index (χ1v) is 6.98. The average molecular weight is 267 g/mol. The molecule has 0 saturated carbocycles. The number of amides is 1. The van der Waals surface area contributed by atoms with E-state index in [0.29, 0.717) is 12.3 Å². The molecule has 0 aliphatic carbocycles. The summed E-state index contributed by atoms with van der Waals surface area (Å²) in [5.41, 5.74) is 1.93. The second-order valence-electron chi connectivity index (χ2n) is 5.15. The molecule has 0 unspecified atom stereocenters. The summed E-state index contributed by atoms with van der Waals surface area (Å²) in [5.74, 6) is 0.541. The van der Waals surface area contributed by atoms with Crippen LogP contribution in [0.5, 0.6) is 0 Å². The van der Waals surface area contributed by atoms with Crippen molar-refractivity contribution in [2.45, 2.75) is 38.7 Å². The maximum atomic E-state index is 11.6. The van der Waals surface area contributed by atoms with Gasteiger partial charge in [0.25, 0.3) is 0 Å². The lowest BCUT2D eigenvalue weighted by Crippen LogP contribution is -2.26. The highest BCUT2D eigenvalue weighted by molar-refractivity contribution is 8.01. The topological polar surface area (TPSA) is 49.3 Å². The van der Waals surface area contributed by atoms with E-state index in [1.165, 1.54) is 0 Å². The van der Waals surface area contributed by atoms with Gasteiger partial charge in [-0.3, -0.25) is 4.79 Å². The second kappa shape index (κ2) is 6.81. The Balaban J connectivity index is 2.33. The quantitative estimate of drug-likeness (QED) is 0.861. The zero-order chi connectivity index (χ0) is 13.6. The van der Waals surface area contributed by atoms with Crippen LogP contribution >= 0.6 is 11.8 Å². The molecule has 1 amide bonds. The Hall–Kier alpha value is -1.00. The molecular weight excluding hydrogens is 246 g/mol. The maximum absolute atomic E-state index is 11.6. The highest BCUT2D eigenvalue weighted by Crippen LogP contribution is 2.22. The van der Waals surface area contributed by atoms with Crippen LogP contribution in [-0.4, -0.2) is 21.5 Å². The van der Waals surface area contributed by atoms with Gasteiger partial charge in [-0.2, -0.15) is 0 Å². The summed E-state index contributed by atoms with van der Waals surface area (Å²) in [6, 6.07) is 7.57. The normalized spacial score (nSPS) is 11.3. The van der Waals surface area contributed by atoms with Crippen molar-refractivity contribution in [1.29, 1.82) is 0 Å². The number of aliphatic hydroxyl groups is 1. The fourth-order valence-electron chi connectivity index (χ4n) is 1.30. The van der Waals surface area contributed by atoms with Gasteiger partial charge in [0.2, 0.25) is 5.91 Å². The maximum Gasteiger partial charge on any atom is 0.230 e. The minimum atomic E-state index is 0.0505. The fraction of sp³-hybridized carbons (Fsp3) is 0.500. The molecule has 2 N–H and O–H groups in total. The van der Waals surface area contributed by atoms with Crippen molar-refractivity contribution in [2.24, 2.45) is 0 Å². The van der Waals surface area contributed by atoms with Crippen LogP contribution in [0.15, 0.2) is 24.3 Å². The van der Waals surface area contributed by atoms with Gasteiger partial charge in [0.1, 0.15) is 0 Å². The fourth-order valence-corrected chi connectivity index (χ4v) is 1.96. The molecule has 0 bridgehead atoms. The lowest BCUT2D eigenvalue weighted by Gasteiger charge is -2.17. The van der Waals surface area contributed by atoms with E-state index in [9.17, 15) is 4.79 Å². The molecule has 1 rings (SSSR count). The number of carbonyl (C=O) groups excluding carboxylic acids is 1. The van der Waals surface area contributed by atoms with E-state index in [-0.39, 0.29) is 17.3 Å². The molecule has 18 heavy (non-hydrogen) atoms. The van der Waals surface area contributed by atoms with Crippen molar-refractivity contribution >= 4 is 17.7 Å². The standard InChI is InChI=1S/C14H21NO2S/c1-14(2,3)18-10-13(17)15-8-11-4-6-12(9-16)7-5-11/h4-7,16H,8-10H2,1-3H3,(H,15,17). The Morgan fingerprint density at radius 3 is 2.28 bits per heavy atom.